The molecule has 1 rings (SSSR count). The van der Waals surface area contributed by atoms with Crippen molar-refractivity contribution in [3.05, 3.63) is 21.9 Å². The van der Waals surface area contributed by atoms with Crippen molar-refractivity contribution in [2.75, 3.05) is 13.6 Å². The number of hydrogen-bond acceptors (Lipinski definition) is 2. The van der Waals surface area contributed by atoms with Crippen LogP contribution in [0.15, 0.2) is 12.1 Å². The molecule has 0 atom stereocenters. The topological polar surface area (TPSA) is 12.0 Å². The SMILES string of the molecule is CCc1ccc(CCC(C)(C)CCNC)s1. The average molecular weight is 239 g/mol. The van der Waals surface area contributed by atoms with Gasteiger partial charge < -0.3 is 5.32 Å². The number of rotatable bonds is 7. The van der Waals surface area contributed by atoms with Crippen LogP contribution in [0.25, 0.3) is 0 Å². The molecule has 0 unspecified atom stereocenters. The Morgan fingerprint density at radius 2 is 1.88 bits per heavy atom. The molecule has 0 fully saturated rings. The fourth-order valence-corrected chi connectivity index (χ4v) is 2.75. The molecular weight excluding hydrogens is 214 g/mol. The normalized spacial score (nSPS) is 12.0. The summed E-state index contributed by atoms with van der Waals surface area (Å²) in [6.45, 7) is 8.10. The van der Waals surface area contributed by atoms with E-state index in [9.17, 15) is 0 Å². The summed E-state index contributed by atoms with van der Waals surface area (Å²) in [6, 6.07) is 4.58. The Hall–Kier alpha value is -0.340. The molecule has 0 aromatic carbocycles. The molecule has 1 aromatic rings. The quantitative estimate of drug-likeness (QED) is 0.761. The highest BCUT2D eigenvalue weighted by molar-refractivity contribution is 7.11. The molecule has 1 heterocycles. The van der Waals surface area contributed by atoms with Crippen molar-refractivity contribution < 1.29 is 0 Å². The monoisotopic (exact) mass is 239 g/mol. The van der Waals surface area contributed by atoms with E-state index in [0.717, 1.165) is 6.54 Å². The lowest BCUT2D eigenvalue weighted by atomic mass is 9.84. The molecule has 16 heavy (non-hydrogen) atoms. The maximum Gasteiger partial charge on any atom is 0.00483 e. The zero-order chi connectivity index (χ0) is 12.0. The fourth-order valence-electron chi connectivity index (χ4n) is 1.80. The van der Waals surface area contributed by atoms with E-state index in [2.05, 4.69) is 38.2 Å². The summed E-state index contributed by atoms with van der Waals surface area (Å²) >= 11 is 1.98. The first kappa shape index (κ1) is 13.7. The maximum atomic E-state index is 3.24. The second-order valence-corrected chi connectivity index (χ2v) is 6.49. The van der Waals surface area contributed by atoms with Crippen molar-refractivity contribution in [3.8, 4) is 0 Å². The molecule has 92 valence electrons. The molecular formula is C14H25NS. The van der Waals surface area contributed by atoms with Crippen molar-refractivity contribution in [2.45, 2.75) is 46.5 Å². The first-order valence-electron chi connectivity index (χ1n) is 6.29. The third-order valence-electron chi connectivity index (χ3n) is 3.17. The summed E-state index contributed by atoms with van der Waals surface area (Å²) in [4.78, 5) is 3.07. The molecule has 1 N–H and O–H groups in total. The zero-order valence-electron chi connectivity index (χ0n) is 11.1. The van der Waals surface area contributed by atoms with E-state index in [-0.39, 0.29) is 0 Å². The molecule has 0 saturated heterocycles. The Balaban J connectivity index is 2.37. The van der Waals surface area contributed by atoms with Gasteiger partial charge in [-0.2, -0.15) is 0 Å². The molecule has 0 spiro atoms. The third kappa shape index (κ3) is 4.67. The van der Waals surface area contributed by atoms with E-state index in [1.54, 1.807) is 4.88 Å². The number of nitrogens with one attached hydrogen (secondary N) is 1. The minimum Gasteiger partial charge on any atom is -0.320 e. The van der Waals surface area contributed by atoms with Crippen LogP contribution in [0, 0.1) is 5.41 Å². The van der Waals surface area contributed by atoms with Gasteiger partial charge in [0.15, 0.2) is 0 Å². The van der Waals surface area contributed by atoms with Crippen LogP contribution in [-0.4, -0.2) is 13.6 Å². The Morgan fingerprint density at radius 1 is 1.19 bits per heavy atom. The van der Waals surface area contributed by atoms with Gasteiger partial charge >= 0.3 is 0 Å². The fraction of sp³-hybridized carbons (Fsp3) is 0.714. The van der Waals surface area contributed by atoms with Crippen LogP contribution >= 0.6 is 11.3 Å². The van der Waals surface area contributed by atoms with Gasteiger partial charge in [0, 0.05) is 9.75 Å². The molecule has 0 aliphatic rings. The number of aryl methyl sites for hydroxylation is 2. The molecule has 0 aliphatic carbocycles. The first-order chi connectivity index (χ1) is 7.57. The second-order valence-electron chi connectivity index (χ2n) is 5.24. The third-order valence-corrected chi connectivity index (χ3v) is 4.46. The first-order valence-corrected chi connectivity index (χ1v) is 7.11. The van der Waals surface area contributed by atoms with Crippen molar-refractivity contribution in [1.29, 1.82) is 0 Å². The zero-order valence-corrected chi connectivity index (χ0v) is 11.9. The highest BCUT2D eigenvalue weighted by Gasteiger charge is 2.17. The van der Waals surface area contributed by atoms with Gasteiger partial charge in [-0.1, -0.05) is 20.8 Å². The predicted molar refractivity (Wildman–Crippen MR) is 74.3 cm³/mol. The van der Waals surface area contributed by atoms with Crippen molar-refractivity contribution in [3.63, 3.8) is 0 Å². The Kier molecular flexibility index (Phi) is 5.50. The lowest BCUT2D eigenvalue weighted by Gasteiger charge is -2.24. The molecule has 2 heteroatoms. The molecule has 0 amide bonds. The second kappa shape index (κ2) is 6.41. The van der Waals surface area contributed by atoms with Gasteiger partial charge in [0.05, 0.1) is 0 Å². The molecule has 0 bridgehead atoms. The van der Waals surface area contributed by atoms with Gasteiger partial charge in [-0.25, -0.2) is 0 Å². The van der Waals surface area contributed by atoms with Crippen LogP contribution in [0.4, 0.5) is 0 Å². The van der Waals surface area contributed by atoms with Gasteiger partial charge in [0.2, 0.25) is 0 Å². The van der Waals surface area contributed by atoms with Crippen molar-refractivity contribution in [1.82, 2.24) is 5.32 Å². The molecule has 0 saturated carbocycles. The highest BCUT2D eigenvalue weighted by atomic mass is 32.1. The van der Waals surface area contributed by atoms with Crippen LogP contribution in [0.3, 0.4) is 0 Å². The summed E-state index contributed by atoms with van der Waals surface area (Å²) in [5.41, 5.74) is 0.458. The minimum absolute atomic E-state index is 0.458. The average Bonchev–Trinajstić information content (AvgIpc) is 2.72. The van der Waals surface area contributed by atoms with E-state index in [1.807, 2.05) is 18.4 Å². The summed E-state index contributed by atoms with van der Waals surface area (Å²) in [6.07, 6.45) is 4.96. The summed E-state index contributed by atoms with van der Waals surface area (Å²) in [5.74, 6) is 0. The van der Waals surface area contributed by atoms with Gasteiger partial charge in [-0.05, 0) is 56.8 Å². The maximum absolute atomic E-state index is 3.24. The molecule has 1 nitrogen and oxygen atoms in total. The summed E-state index contributed by atoms with van der Waals surface area (Å²) in [5, 5.41) is 3.24. The highest BCUT2D eigenvalue weighted by Crippen LogP contribution is 2.28. The van der Waals surface area contributed by atoms with E-state index < -0.39 is 0 Å². The lowest BCUT2D eigenvalue weighted by molar-refractivity contribution is 0.306. The largest absolute Gasteiger partial charge is 0.320 e. The Bertz CT molecular complexity index is 301. The molecule has 0 aliphatic heterocycles. The summed E-state index contributed by atoms with van der Waals surface area (Å²) in [7, 11) is 2.03. The molecule has 1 aromatic heterocycles. The minimum atomic E-state index is 0.458. The van der Waals surface area contributed by atoms with Crippen LogP contribution in [-0.2, 0) is 12.8 Å². The van der Waals surface area contributed by atoms with Gasteiger partial charge in [0.1, 0.15) is 0 Å². The van der Waals surface area contributed by atoms with E-state index in [4.69, 9.17) is 0 Å². The lowest BCUT2D eigenvalue weighted by Crippen LogP contribution is -2.20. The van der Waals surface area contributed by atoms with Crippen LogP contribution in [0.1, 0.15) is 43.4 Å². The van der Waals surface area contributed by atoms with Gasteiger partial charge in [0.25, 0.3) is 0 Å². The predicted octanol–water partition coefficient (Wildman–Crippen LogP) is 3.88. The van der Waals surface area contributed by atoms with Crippen molar-refractivity contribution in [2.24, 2.45) is 5.41 Å². The van der Waals surface area contributed by atoms with Crippen LogP contribution < -0.4 is 5.32 Å². The Labute approximate surface area is 104 Å². The number of hydrogen-bond donors (Lipinski definition) is 1. The number of thiophene rings is 1. The van der Waals surface area contributed by atoms with Crippen LogP contribution in [0.5, 0.6) is 0 Å². The van der Waals surface area contributed by atoms with E-state index in [1.165, 1.54) is 30.6 Å². The van der Waals surface area contributed by atoms with Crippen molar-refractivity contribution >= 4 is 11.3 Å². The smallest absolute Gasteiger partial charge is 0.00483 e. The Morgan fingerprint density at radius 3 is 2.44 bits per heavy atom. The summed E-state index contributed by atoms with van der Waals surface area (Å²) < 4.78 is 0. The van der Waals surface area contributed by atoms with E-state index >= 15 is 0 Å². The van der Waals surface area contributed by atoms with Gasteiger partial charge in [-0.3, -0.25) is 0 Å². The van der Waals surface area contributed by atoms with Crippen LogP contribution in [0.2, 0.25) is 0 Å². The molecule has 0 radical (unpaired) electrons. The van der Waals surface area contributed by atoms with Gasteiger partial charge in [-0.15, -0.1) is 11.3 Å². The standard InChI is InChI=1S/C14H25NS/c1-5-12-6-7-13(16-12)8-9-14(2,3)10-11-15-4/h6-7,15H,5,8-11H2,1-4H3. The van der Waals surface area contributed by atoms with E-state index in [0.29, 0.717) is 5.41 Å².